The Kier molecular flexibility index (Phi) is 6.99. The topological polar surface area (TPSA) is 90.0 Å². The van der Waals surface area contributed by atoms with E-state index in [9.17, 15) is 28.0 Å². The molecule has 1 aliphatic rings. The number of anilines is 1. The molecular weight excluding hydrogens is 446 g/mol. The predicted molar refractivity (Wildman–Crippen MR) is 120 cm³/mol. The molecule has 0 bridgehead atoms. The first kappa shape index (κ1) is 24.8. The lowest BCUT2D eigenvalue weighted by atomic mass is 9.99. The molecule has 10 heteroatoms. The number of hydrogen-bond acceptors (Lipinski definition) is 4. The summed E-state index contributed by atoms with van der Waals surface area (Å²) in [6.07, 6.45) is 0. The highest BCUT2D eigenvalue weighted by molar-refractivity contribution is 6.04. The number of benzene rings is 2. The highest BCUT2D eigenvalue weighted by atomic mass is 19.1. The van der Waals surface area contributed by atoms with Crippen LogP contribution in [-0.2, 0) is 14.4 Å². The van der Waals surface area contributed by atoms with E-state index < -0.39 is 47.3 Å². The van der Waals surface area contributed by atoms with E-state index in [2.05, 4.69) is 5.32 Å². The minimum atomic E-state index is -1.22. The van der Waals surface area contributed by atoms with Crippen molar-refractivity contribution in [2.24, 2.45) is 0 Å². The average Bonchev–Trinajstić information content (AvgIpc) is 2.82. The molecule has 8 nitrogen and oxygen atoms in total. The smallest absolute Gasteiger partial charge is 0.273 e. The van der Waals surface area contributed by atoms with Crippen molar-refractivity contribution in [3.05, 3.63) is 65.2 Å². The molecule has 0 spiro atoms. The molecule has 3 rings (SSSR count). The zero-order chi connectivity index (χ0) is 25.3. The Morgan fingerprint density at radius 3 is 2.18 bits per heavy atom. The van der Waals surface area contributed by atoms with Gasteiger partial charge in [-0.05, 0) is 44.5 Å². The number of likely N-dealkylation sites (N-methyl/N-ethyl adjacent to an activating group) is 1. The molecule has 2 aromatic carbocycles. The number of nitrogens with one attached hydrogen (secondary N) is 1. The molecule has 0 radical (unpaired) electrons. The van der Waals surface area contributed by atoms with E-state index in [4.69, 9.17) is 0 Å². The van der Waals surface area contributed by atoms with Gasteiger partial charge in [-0.25, -0.2) is 13.8 Å². The number of carbonyl (C=O) groups excluding carboxylic acids is 4. The Balaban J connectivity index is 1.99. The van der Waals surface area contributed by atoms with E-state index in [0.717, 1.165) is 29.0 Å². The molecule has 180 valence electrons. The monoisotopic (exact) mass is 472 g/mol. The predicted octanol–water partition coefficient (Wildman–Crippen LogP) is 2.80. The molecule has 1 heterocycles. The van der Waals surface area contributed by atoms with Crippen LogP contribution in [0.1, 0.15) is 49.7 Å². The van der Waals surface area contributed by atoms with Gasteiger partial charge in [0.15, 0.2) is 0 Å². The summed E-state index contributed by atoms with van der Waals surface area (Å²) in [4.78, 5) is 52.9. The average molecular weight is 472 g/mol. The van der Waals surface area contributed by atoms with Crippen molar-refractivity contribution in [2.75, 3.05) is 11.9 Å². The molecule has 2 atom stereocenters. The Labute approximate surface area is 196 Å². The number of carbonyl (C=O) groups is 4. The molecule has 1 N–H and O–H groups in total. The first-order valence-electron chi connectivity index (χ1n) is 10.7. The molecule has 0 aliphatic carbocycles. The van der Waals surface area contributed by atoms with Gasteiger partial charge in [0.2, 0.25) is 11.8 Å². The van der Waals surface area contributed by atoms with Gasteiger partial charge >= 0.3 is 0 Å². The third-order valence-electron chi connectivity index (χ3n) is 5.61. The molecule has 0 fully saturated rings. The van der Waals surface area contributed by atoms with Crippen LogP contribution in [0.3, 0.4) is 0 Å². The molecule has 4 amide bonds. The molecule has 0 saturated heterocycles. The maximum absolute atomic E-state index is 13.8. The summed E-state index contributed by atoms with van der Waals surface area (Å²) >= 11 is 0. The third-order valence-corrected chi connectivity index (χ3v) is 5.61. The lowest BCUT2D eigenvalue weighted by Gasteiger charge is -2.34. The molecule has 0 unspecified atom stereocenters. The van der Waals surface area contributed by atoms with Gasteiger partial charge in [-0.3, -0.25) is 24.2 Å². The second kappa shape index (κ2) is 9.58. The SMILES string of the molecule is CC(=O)N(c1cc(F)cc(F)c1)[C@@H](C)C(=O)N[C@H]1C(=O)N(C)N(C(C)C)C(=O)c2ccccc21. The maximum Gasteiger partial charge on any atom is 0.273 e. The van der Waals surface area contributed by atoms with Crippen LogP contribution < -0.4 is 10.2 Å². The summed E-state index contributed by atoms with van der Waals surface area (Å²) in [6.45, 7) is 6.05. The Bertz CT molecular complexity index is 1130. The minimum absolute atomic E-state index is 0.140. The standard InChI is InChI=1S/C24H26F2N4O4/c1-13(2)30-23(33)20-9-7-6-8-19(20)21(24(34)28(30)5)27-22(32)14(3)29(15(4)31)18-11-16(25)10-17(26)12-18/h6-14,21H,1-5H3,(H,27,32)/t14-,21+/m0/s1. The Morgan fingerprint density at radius 1 is 1.03 bits per heavy atom. The summed E-state index contributed by atoms with van der Waals surface area (Å²) in [6, 6.07) is 6.20. The van der Waals surface area contributed by atoms with Crippen LogP contribution in [0.5, 0.6) is 0 Å². The number of amides is 4. The fourth-order valence-corrected chi connectivity index (χ4v) is 4.09. The first-order valence-corrected chi connectivity index (χ1v) is 10.7. The summed E-state index contributed by atoms with van der Waals surface area (Å²) in [5.41, 5.74) is 0.417. The summed E-state index contributed by atoms with van der Waals surface area (Å²) < 4.78 is 27.5. The molecule has 0 saturated carbocycles. The second-order valence-corrected chi connectivity index (χ2v) is 8.33. The molecule has 34 heavy (non-hydrogen) atoms. The van der Waals surface area contributed by atoms with Crippen LogP contribution in [0.15, 0.2) is 42.5 Å². The van der Waals surface area contributed by atoms with Gasteiger partial charge in [-0.1, -0.05) is 18.2 Å². The van der Waals surface area contributed by atoms with Crippen LogP contribution in [0.4, 0.5) is 14.5 Å². The van der Waals surface area contributed by atoms with Crippen LogP contribution in [0.25, 0.3) is 0 Å². The van der Waals surface area contributed by atoms with E-state index >= 15 is 0 Å². The van der Waals surface area contributed by atoms with Crippen molar-refractivity contribution in [3.8, 4) is 0 Å². The van der Waals surface area contributed by atoms with Crippen molar-refractivity contribution in [3.63, 3.8) is 0 Å². The van der Waals surface area contributed by atoms with Gasteiger partial charge in [-0.2, -0.15) is 0 Å². The van der Waals surface area contributed by atoms with Crippen molar-refractivity contribution in [1.29, 1.82) is 0 Å². The molecular formula is C24H26F2N4O4. The van der Waals surface area contributed by atoms with Gasteiger partial charge in [0.25, 0.3) is 11.8 Å². The zero-order valence-electron chi connectivity index (χ0n) is 19.5. The van der Waals surface area contributed by atoms with E-state index in [1.807, 2.05) is 0 Å². The maximum atomic E-state index is 13.8. The van der Waals surface area contributed by atoms with Gasteiger partial charge in [0, 0.05) is 31.6 Å². The number of hydrogen-bond donors (Lipinski definition) is 1. The van der Waals surface area contributed by atoms with Gasteiger partial charge < -0.3 is 10.2 Å². The molecule has 1 aliphatic heterocycles. The lowest BCUT2D eigenvalue weighted by molar-refractivity contribution is -0.147. The van der Waals surface area contributed by atoms with E-state index in [0.29, 0.717) is 11.6 Å². The van der Waals surface area contributed by atoms with Crippen LogP contribution in [0.2, 0.25) is 0 Å². The fraction of sp³-hybridized carbons (Fsp3) is 0.333. The van der Waals surface area contributed by atoms with E-state index in [-0.39, 0.29) is 17.3 Å². The Hall–Kier alpha value is -3.82. The second-order valence-electron chi connectivity index (χ2n) is 8.33. The third kappa shape index (κ3) is 4.61. The quantitative estimate of drug-likeness (QED) is 0.725. The lowest BCUT2D eigenvalue weighted by Crippen LogP contribution is -2.54. The number of rotatable bonds is 5. The number of fused-ring (bicyclic) bond motifs is 1. The fourth-order valence-electron chi connectivity index (χ4n) is 4.09. The minimum Gasteiger partial charge on any atom is -0.339 e. The van der Waals surface area contributed by atoms with Crippen molar-refractivity contribution in [1.82, 2.24) is 15.3 Å². The summed E-state index contributed by atoms with van der Waals surface area (Å²) in [7, 11) is 1.44. The van der Waals surface area contributed by atoms with Crippen LogP contribution in [-0.4, -0.2) is 52.8 Å². The Morgan fingerprint density at radius 2 is 1.62 bits per heavy atom. The van der Waals surface area contributed by atoms with Gasteiger partial charge in [-0.15, -0.1) is 0 Å². The molecule has 0 aromatic heterocycles. The van der Waals surface area contributed by atoms with E-state index in [1.165, 1.54) is 19.0 Å². The van der Waals surface area contributed by atoms with E-state index in [1.54, 1.807) is 38.1 Å². The van der Waals surface area contributed by atoms with Gasteiger partial charge in [0.1, 0.15) is 23.7 Å². The normalized spacial score (nSPS) is 16.8. The van der Waals surface area contributed by atoms with Crippen molar-refractivity contribution >= 4 is 29.3 Å². The zero-order valence-corrected chi connectivity index (χ0v) is 19.5. The number of nitrogens with zero attached hydrogens (tertiary/aromatic N) is 3. The van der Waals surface area contributed by atoms with Crippen molar-refractivity contribution < 1.29 is 28.0 Å². The number of hydrazine groups is 1. The highest BCUT2D eigenvalue weighted by Gasteiger charge is 2.40. The first-order chi connectivity index (χ1) is 15.9. The largest absolute Gasteiger partial charge is 0.339 e. The van der Waals surface area contributed by atoms with Crippen LogP contribution >= 0.6 is 0 Å². The summed E-state index contributed by atoms with van der Waals surface area (Å²) in [5.74, 6) is -4.14. The molecule has 2 aromatic rings. The number of halogens is 2. The van der Waals surface area contributed by atoms with Crippen LogP contribution in [0, 0.1) is 11.6 Å². The van der Waals surface area contributed by atoms with Crippen molar-refractivity contribution in [2.45, 2.75) is 45.8 Å². The summed E-state index contributed by atoms with van der Waals surface area (Å²) in [5, 5.41) is 5.08. The van der Waals surface area contributed by atoms with Gasteiger partial charge in [0.05, 0.1) is 5.69 Å². The highest BCUT2D eigenvalue weighted by Crippen LogP contribution is 2.28.